The SMILES string of the molecule is C[Si](C)(C)[C]1([Si](C)(C)C)CC[C]([Si](C)(C)C)([Si](C)(C)C)[Sn]([c]2ccccc2)[CH2]/C=C\[CH2][Sn]1[c]1ccccc1. The van der Waals surface area contributed by atoms with Crippen LogP contribution in [0.2, 0.25) is 92.8 Å². The quantitative estimate of drug-likeness (QED) is 0.203. The van der Waals surface area contributed by atoms with Gasteiger partial charge in [0.1, 0.15) is 0 Å². The summed E-state index contributed by atoms with van der Waals surface area (Å²) in [6, 6.07) is 24.1. The van der Waals surface area contributed by atoms with E-state index in [1.165, 1.54) is 8.87 Å². The first kappa shape index (κ1) is 33.2. The Morgan fingerprint density at radius 1 is 0.447 bits per heavy atom. The number of rotatable bonds is 6. The monoisotopic (exact) mass is 792 g/mol. The van der Waals surface area contributed by atoms with E-state index in [1.54, 1.807) is 20.0 Å². The van der Waals surface area contributed by atoms with Crippen molar-refractivity contribution in [3.63, 3.8) is 0 Å². The predicted octanol–water partition coefficient (Wildman–Crippen LogP) is 9.13. The normalized spacial score (nSPS) is 21.2. The molecule has 0 aromatic heterocycles. The van der Waals surface area contributed by atoms with Gasteiger partial charge in [0.25, 0.3) is 0 Å². The molecule has 0 nitrogen and oxygen atoms in total. The topological polar surface area (TPSA) is 0 Å². The molecule has 0 bridgehead atoms. The van der Waals surface area contributed by atoms with E-state index < -0.39 is 71.8 Å². The molecule has 2 aromatic carbocycles. The summed E-state index contributed by atoms with van der Waals surface area (Å²) < 4.78 is 7.75. The van der Waals surface area contributed by atoms with Crippen LogP contribution in [0.15, 0.2) is 72.8 Å². The number of hydrogen-bond acceptors (Lipinski definition) is 0. The minimum absolute atomic E-state index is 0.654. The molecule has 0 atom stereocenters. The Hall–Kier alpha value is 0.645. The van der Waals surface area contributed by atoms with E-state index in [-0.39, 0.29) is 0 Å². The van der Waals surface area contributed by atoms with Crippen molar-refractivity contribution in [1.82, 2.24) is 0 Å². The van der Waals surface area contributed by atoms with Crippen LogP contribution in [0.25, 0.3) is 0 Å². The van der Waals surface area contributed by atoms with Crippen LogP contribution in [0.4, 0.5) is 0 Å². The molecule has 0 saturated heterocycles. The van der Waals surface area contributed by atoms with Gasteiger partial charge in [-0.25, -0.2) is 0 Å². The molecule has 1 aliphatic rings. The van der Waals surface area contributed by atoms with Crippen molar-refractivity contribution in [2.45, 2.75) is 106 Å². The molecule has 0 aliphatic carbocycles. The molecule has 0 saturated carbocycles. The van der Waals surface area contributed by atoms with Crippen LogP contribution >= 0.6 is 0 Å². The van der Waals surface area contributed by atoms with Gasteiger partial charge in [-0.05, 0) is 0 Å². The molecule has 0 unspecified atom stereocenters. The van der Waals surface area contributed by atoms with Crippen molar-refractivity contribution < 1.29 is 0 Å². The van der Waals surface area contributed by atoms with Gasteiger partial charge in [0.05, 0.1) is 0 Å². The summed E-state index contributed by atoms with van der Waals surface area (Å²) >= 11 is -4.15. The molecule has 208 valence electrons. The molecule has 0 spiro atoms. The van der Waals surface area contributed by atoms with Crippen LogP contribution < -0.4 is 7.16 Å². The van der Waals surface area contributed by atoms with E-state index in [4.69, 9.17) is 0 Å². The molecular weight excluding hydrogens is 734 g/mol. The Morgan fingerprint density at radius 2 is 0.711 bits per heavy atom. The van der Waals surface area contributed by atoms with E-state index in [0.717, 1.165) is 0 Å². The average Bonchev–Trinajstić information content (AvgIpc) is 2.79. The van der Waals surface area contributed by atoms with Gasteiger partial charge >= 0.3 is 257 Å². The maximum atomic E-state index is 2.78. The van der Waals surface area contributed by atoms with Gasteiger partial charge in [-0.1, -0.05) is 0 Å². The van der Waals surface area contributed by atoms with Gasteiger partial charge in [-0.3, -0.25) is 0 Å². The molecule has 6 heteroatoms. The second kappa shape index (κ2) is 12.1. The Balaban J connectivity index is 2.40. The minimum atomic E-state index is -2.08. The van der Waals surface area contributed by atoms with Crippen LogP contribution in [0, 0.1) is 0 Å². The standard InChI is InChI=1S/C16H40Si4.2C6H5.C4H6.2Sn/c1-17(2,3)15(18(4,5)6)13-14-16(19(7,8)9)20(10,11)12;2*1-2-4-6-5-3-1;1-3-4-2;;/h13-14H2,1-12H3;2*1-5H;3-4H,1-2H2;;/b;;;4-3-;;. The van der Waals surface area contributed by atoms with Crippen molar-refractivity contribution in [2.75, 3.05) is 0 Å². The molecule has 3 rings (SSSR count). The first-order valence-electron chi connectivity index (χ1n) is 14.9. The molecule has 38 heavy (non-hydrogen) atoms. The summed E-state index contributed by atoms with van der Waals surface area (Å²) in [5.41, 5.74) is 0. The van der Waals surface area contributed by atoms with Crippen molar-refractivity contribution >= 4 is 79.0 Å². The van der Waals surface area contributed by atoms with E-state index in [2.05, 4.69) is 151 Å². The second-order valence-corrected chi connectivity index (χ2v) is 60.0. The zero-order chi connectivity index (χ0) is 28.6. The Labute approximate surface area is 255 Å². The molecule has 2 aromatic rings. The molecule has 1 aliphatic heterocycles. The zero-order valence-electron chi connectivity index (χ0n) is 26.8. The third kappa shape index (κ3) is 6.20. The Kier molecular flexibility index (Phi) is 10.6. The van der Waals surface area contributed by atoms with Gasteiger partial charge in [0.2, 0.25) is 0 Å². The fourth-order valence-electron chi connectivity index (χ4n) is 9.00. The molecule has 0 fully saturated rings. The van der Waals surface area contributed by atoms with Crippen molar-refractivity contribution in [1.29, 1.82) is 0 Å². The van der Waals surface area contributed by atoms with Gasteiger partial charge in [0.15, 0.2) is 0 Å². The van der Waals surface area contributed by atoms with Crippen LogP contribution in [0.1, 0.15) is 12.8 Å². The van der Waals surface area contributed by atoms with E-state index >= 15 is 0 Å². The molecular formula is C32H56Si4Sn2. The summed E-state index contributed by atoms with van der Waals surface area (Å²) in [5, 5.41) is 0. The summed E-state index contributed by atoms with van der Waals surface area (Å²) in [6.45, 7) is 33.4. The van der Waals surface area contributed by atoms with Crippen LogP contribution in [-0.2, 0) is 0 Å². The Morgan fingerprint density at radius 3 is 0.947 bits per heavy atom. The van der Waals surface area contributed by atoms with Crippen LogP contribution in [0.3, 0.4) is 0 Å². The van der Waals surface area contributed by atoms with E-state index in [0.29, 0.717) is 5.35 Å². The predicted molar refractivity (Wildman–Crippen MR) is 190 cm³/mol. The molecule has 1 heterocycles. The van der Waals surface area contributed by atoms with Gasteiger partial charge in [-0.15, -0.1) is 0 Å². The summed E-state index contributed by atoms with van der Waals surface area (Å²) in [5.74, 6) is 0. The van der Waals surface area contributed by atoms with E-state index in [9.17, 15) is 0 Å². The zero-order valence-corrected chi connectivity index (χ0v) is 36.5. The van der Waals surface area contributed by atoms with Crippen molar-refractivity contribution in [3.8, 4) is 0 Å². The maximum absolute atomic E-state index is 2.78. The number of allylic oxidation sites excluding steroid dienone is 2. The molecule has 0 amide bonds. The Bertz CT molecular complexity index is 955. The van der Waals surface area contributed by atoms with E-state index in [1.807, 2.05) is 0 Å². The second-order valence-electron chi connectivity index (χ2n) is 15.9. The average molecular weight is 791 g/mol. The fourth-order valence-corrected chi connectivity index (χ4v) is 86.0. The molecule has 2 radical (unpaired) electrons. The molecule has 0 N–H and O–H groups in total. The third-order valence-electron chi connectivity index (χ3n) is 10.1. The number of benzene rings is 2. The third-order valence-corrected chi connectivity index (χ3v) is 81.0. The van der Waals surface area contributed by atoms with Gasteiger partial charge in [-0.2, -0.15) is 0 Å². The fraction of sp³-hybridized carbons (Fsp3) is 0.562. The van der Waals surface area contributed by atoms with Crippen molar-refractivity contribution in [3.05, 3.63) is 72.8 Å². The summed E-state index contributed by atoms with van der Waals surface area (Å²) in [6.07, 6.45) is 8.60. The van der Waals surface area contributed by atoms with Crippen molar-refractivity contribution in [2.24, 2.45) is 0 Å². The first-order chi connectivity index (χ1) is 17.4. The number of hydrogen-bond donors (Lipinski definition) is 0. The van der Waals surface area contributed by atoms with Crippen LogP contribution in [0.5, 0.6) is 0 Å². The summed E-state index contributed by atoms with van der Waals surface area (Å²) in [4.78, 5) is 0. The first-order valence-corrected chi connectivity index (χ1v) is 38.6. The van der Waals surface area contributed by atoms with Gasteiger partial charge in [0, 0.05) is 0 Å². The van der Waals surface area contributed by atoms with Gasteiger partial charge < -0.3 is 0 Å². The summed E-state index contributed by atoms with van der Waals surface area (Å²) in [7, 11) is -5.98. The van der Waals surface area contributed by atoms with Crippen LogP contribution in [-0.4, -0.2) is 71.8 Å².